The zero-order valence-electron chi connectivity index (χ0n) is 12.9. The van der Waals surface area contributed by atoms with Gasteiger partial charge in [-0.3, -0.25) is 9.20 Å². The molecule has 3 aromatic heterocycles. The van der Waals surface area contributed by atoms with Crippen molar-refractivity contribution >= 4 is 33.6 Å². The Hall–Kier alpha value is -2.06. The fourth-order valence-corrected chi connectivity index (χ4v) is 3.90. The summed E-state index contributed by atoms with van der Waals surface area (Å²) in [6.07, 6.45) is 3.26. The summed E-state index contributed by atoms with van der Waals surface area (Å²) in [5.41, 5.74) is 0.379. The third kappa shape index (κ3) is 2.91. The van der Waals surface area contributed by atoms with Gasteiger partial charge >= 0.3 is 5.97 Å². The first-order valence-electron chi connectivity index (χ1n) is 7.13. The summed E-state index contributed by atoms with van der Waals surface area (Å²) in [4.78, 5) is 34.6. The number of carbonyl (C=O) groups is 1. The third-order valence-electron chi connectivity index (χ3n) is 3.39. The highest BCUT2D eigenvalue weighted by molar-refractivity contribution is 7.15. The van der Waals surface area contributed by atoms with Gasteiger partial charge in [-0.05, 0) is 20.3 Å². The molecule has 0 unspecified atom stereocenters. The number of thiazole rings is 2. The van der Waals surface area contributed by atoms with Gasteiger partial charge in [-0.15, -0.1) is 22.7 Å². The van der Waals surface area contributed by atoms with E-state index in [1.54, 1.807) is 18.5 Å². The molecule has 0 N–H and O–H groups in total. The van der Waals surface area contributed by atoms with Crippen molar-refractivity contribution in [2.75, 3.05) is 0 Å². The summed E-state index contributed by atoms with van der Waals surface area (Å²) < 4.78 is 6.80. The number of aryl methyl sites for hydroxylation is 2. The van der Waals surface area contributed by atoms with E-state index in [1.807, 2.05) is 13.8 Å². The van der Waals surface area contributed by atoms with Crippen molar-refractivity contribution in [2.45, 2.75) is 33.3 Å². The molecule has 0 radical (unpaired) electrons. The summed E-state index contributed by atoms with van der Waals surface area (Å²) in [6, 6.07) is 0. The van der Waals surface area contributed by atoms with E-state index in [0.29, 0.717) is 4.96 Å². The molecule has 0 aliphatic rings. The predicted octanol–water partition coefficient (Wildman–Crippen LogP) is 3.00. The molecule has 0 spiro atoms. The van der Waals surface area contributed by atoms with Crippen LogP contribution in [0.15, 0.2) is 22.6 Å². The average molecular weight is 349 g/mol. The van der Waals surface area contributed by atoms with Crippen molar-refractivity contribution in [3.63, 3.8) is 0 Å². The Labute approximate surface area is 140 Å². The molecule has 0 saturated heterocycles. The first kappa shape index (κ1) is 15.8. The van der Waals surface area contributed by atoms with E-state index in [9.17, 15) is 9.59 Å². The fourth-order valence-electron chi connectivity index (χ4n) is 2.24. The molecule has 0 amide bonds. The second-order valence-corrected chi connectivity index (χ2v) is 6.98. The Morgan fingerprint density at radius 3 is 2.96 bits per heavy atom. The van der Waals surface area contributed by atoms with E-state index in [1.165, 1.54) is 33.3 Å². The third-order valence-corrected chi connectivity index (χ3v) is 5.63. The molecular formula is C15H15N3O3S2. The van der Waals surface area contributed by atoms with Crippen LogP contribution in [-0.2, 0) is 11.2 Å². The van der Waals surface area contributed by atoms with Crippen molar-refractivity contribution in [1.29, 1.82) is 0 Å². The largest absolute Gasteiger partial charge is 0.453 e. The Balaban J connectivity index is 1.86. The summed E-state index contributed by atoms with van der Waals surface area (Å²) >= 11 is 2.86. The Bertz CT molecular complexity index is 926. The van der Waals surface area contributed by atoms with E-state index in [-0.39, 0.29) is 5.56 Å². The van der Waals surface area contributed by atoms with Crippen molar-refractivity contribution < 1.29 is 9.53 Å². The Kier molecular flexibility index (Phi) is 4.27. The molecule has 23 heavy (non-hydrogen) atoms. The number of hydrogen-bond donors (Lipinski definition) is 0. The zero-order chi connectivity index (χ0) is 16.6. The van der Waals surface area contributed by atoms with Gasteiger partial charge in [0.2, 0.25) is 0 Å². The van der Waals surface area contributed by atoms with Crippen LogP contribution in [0.1, 0.15) is 45.9 Å². The van der Waals surface area contributed by atoms with Gasteiger partial charge in [0.25, 0.3) is 5.56 Å². The minimum Gasteiger partial charge on any atom is -0.453 e. The monoisotopic (exact) mass is 349 g/mol. The van der Waals surface area contributed by atoms with Gasteiger partial charge in [-0.2, -0.15) is 0 Å². The van der Waals surface area contributed by atoms with E-state index in [4.69, 9.17) is 4.74 Å². The lowest BCUT2D eigenvalue weighted by Gasteiger charge is -2.11. The van der Waals surface area contributed by atoms with Gasteiger partial charge in [-0.1, -0.05) is 6.92 Å². The van der Waals surface area contributed by atoms with E-state index in [2.05, 4.69) is 9.97 Å². The van der Waals surface area contributed by atoms with Crippen LogP contribution in [0.5, 0.6) is 0 Å². The van der Waals surface area contributed by atoms with Gasteiger partial charge in [0.15, 0.2) is 4.96 Å². The molecule has 120 valence electrons. The molecule has 6 nitrogen and oxygen atoms in total. The van der Waals surface area contributed by atoms with Crippen LogP contribution in [0.2, 0.25) is 0 Å². The number of esters is 1. The number of nitrogens with zero attached hydrogens (tertiary/aromatic N) is 3. The van der Waals surface area contributed by atoms with Gasteiger partial charge in [0.1, 0.15) is 11.7 Å². The molecule has 0 aliphatic carbocycles. The van der Waals surface area contributed by atoms with Crippen molar-refractivity contribution in [3.8, 4) is 0 Å². The first-order valence-corrected chi connectivity index (χ1v) is 8.83. The topological polar surface area (TPSA) is 73.6 Å². The summed E-state index contributed by atoms with van der Waals surface area (Å²) in [6.45, 7) is 5.70. The lowest BCUT2D eigenvalue weighted by atomic mass is 10.2. The quantitative estimate of drug-likeness (QED) is 0.677. The van der Waals surface area contributed by atoms with Crippen LogP contribution in [0.4, 0.5) is 0 Å². The molecular weight excluding hydrogens is 334 g/mol. The highest BCUT2D eigenvalue weighted by Crippen LogP contribution is 2.28. The van der Waals surface area contributed by atoms with E-state index >= 15 is 0 Å². The highest BCUT2D eigenvalue weighted by atomic mass is 32.1. The normalized spacial score (nSPS) is 12.5. The smallest absolute Gasteiger partial charge is 0.346 e. The first-order chi connectivity index (χ1) is 11.0. The number of hydrogen-bond acceptors (Lipinski definition) is 7. The molecule has 1 atom stereocenters. The molecule has 3 aromatic rings. The van der Waals surface area contributed by atoms with Crippen LogP contribution in [-0.4, -0.2) is 20.3 Å². The van der Waals surface area contributed by atoms with Crippen LogP contribution < -0.4 is 5.56 Å². The predicted molar refractivity (Wildman–Crippen MR) is 89.4 cm³/mol. The number of fused-ring (bicyclic) bond motifs is 1. The maximum atomic E-state index is 12.3. The molecule has 3 heterocycles. The van der Waals surface area contributed by atoms with Gasteiger partial charge in [0, 0.05) is 11.6 Å². The second-order valence-electron chi connectivity index (χ2n) is 4.99. The fraction of sp³-hybridized carbons (Fsp3) is 0.333. The minimum atomic E-state index is -0.665. The van der Waals surface area contributed by atoms with Crippen LogP contribution >= 0.6 is 22.7 Å². The molecule has 0 aliphatic heterocycles. The average Bonchev–Trinajstić information content (AvgIpc) is 3.13. The number of carbonyl (C=O) groups excluding carboxylic acids is 1. The van der Waals surface area contributed by atoms with Crippen molar-refractivity contribution in [1.82, 2.24) is 14.4 Å². The van der Waals surface area contributed by atoms with Crippen molar-refractivity contribution in [2.24, 2.45) is 0 Å². The van der Waals surface area contributed by atoms with Crippen molar-refractivity contribution in [3.05, 3.63) is 49.3 Å². The SMILES string of the molecule is CCc1nc(C)c([C@@H](C)OC(=O)c2cnc3sccn3c2=O)s1. The summed E-state index contributed by atoms with van der Waals surface area (Å²) in [5.74, 6) is -0.665. The summed E-state index contributed by atoms with van der Waals surface area (Å²) in [5, 5.41) is 2.75. The maximum absolute atomic E-state index is 12.3. The number of ether oxygens (including phenoxy) is 1. The summed E-state index contributed by atoms with van der Waals surface area (Å²) in [7, 11) is 0. The van der Waals surface area contributed by atoms with E-state index in [0.717, 1.165) is 22.0 Å². The molecule has 0 aromatic carbocycles. The second kappa shape index (κ2) is 6.21. The minimum absolute atomic E-state index is 0.0642. The standard InChI is InChI=1S/C15H15N3O3S2/c1-4-11-17-8(2)12(23-11)9(3)21-14(20)10-7-16-15-18(13(10)19)5-6-22-15/h5-7,9H,4H2,1-3H3/t9-/m1/s1. The van der Waals surface area contributed by atoms with Gasteiger partial charge in [-0.25, -0.2) is 14.8 Å². The van der Waals surface area contributed by atoms with Crippen LogP contribution in [0.25, 0.3) is 4.96 Å². The van der Waals surface area contributed by atoms with Gasteiger partial charge in [0.05, 0.1) is 21.8 Å². The maximum Gasteiger partial charge on any atom is 0.346 e. The Morgan fingerprint density at radius 2 is 2.26 bits per heavy atom. The lowest BCUT2D eigenvalue weighted by molar-refractivity contribution is 0.0341. The van der Waals surface area contributed by atoms with Gasteiger partial charge < -0.3 is 4.74 Å². The molecule has 0 fully saturated rings. The number of rotatable bonds is 4. The Morgan fingerprint density at radius 1 is 1.48 bits per heavy atom. The zero-order valence-corrected chi connectivity index (χ0v) is 14.5. The van der Waals surface area contributed by atoms with Crippen LogP contribution in [0, 0.1) is 6.92 Å². The number of aromatic nitrogens is 3. The lowest BCUT2D eigenvalue weighted by Crippen LogP contribution is -2.23. The van der Waals surface area contributed by atoms with E-state index < -0.39 is 17.6 Å². The molecule has 0 saturated carbocycles. The molecule has 0 bridgehead atoms. The van der Waals surface area contributed by atoms with Crippen LogP contribution in [0.3, 0.4) is 0 Å². The molecule has 3 rings (SSSR count). The molecule has 8 heteroatoms. The highest BCUT2D eigenvalue weighted by Gasteiger charge is 2.21.